The second-order valence-corrected chi connectivity index (χ2v) is 9.95. The van der Waals surface area contributed by atoms with Gasteiger partial charge in [0, 0.05) is 53.5 Å². The second-order valence-electron chi connectivity index (χ2n) is 8.91. The van der Waals surface area contributed by atoms with Gasteiger partial charge in [-0.3, -0.25) is 9.78 Å². The van der Waals surface area contributed by atoms with Crippen LogP contribution < -0.4 is 0 Å². The van der Waals surface area contributed by atoms with Crippen LogP contribution >= 0.6 is 11.3 Å². The van der Waals surface area contributed by atoms with Gasteiger partial charge in [-0.15, -0.1) is 11.3 Å². The van der Waals surface area contributed by atoms with E-state index in [0.29, 0.717) is 13.0 Å². The van der Waals surface area contributed by atoms with Crippen molar-refractivity contribution in [2.45, 2.75) is 51.4 Å². The maximum atomic E-state index is 12.9. The van der Waals surface area contributed by atoms with Gasteiger partial charge in [0.05, 0.1) is 12.1 Å². The zero-order valence-corrected chi connectivity index (χ0v) is 18.7. The molecule has 4 heterocycles. The average Bonchev–Trinajstić information content (AvgIpc) is 3.26. The predicted octanol–water partition coefficient (Wildman–Crippen LogP) is 4.85. The summed E-state index contributed by atoms with van der Waals surface area (Å²) in [6.45, 7) is 7.94. The summed E-state index contributed by atoms with van der Waals surface area (Å²) in [5.41, 5.74) is 3.04. The molecule has 0 radical (unpaired) electrons. The lowest BCUT2D eigenvalue weighted by Crippen LogP contribution is -2.40. The Bertz CT molecular complexity index is 996. The number of thiophene rings is 1. The van der Waals surface area contributed by atoms with Crippen molar-refractivity contribution in [2.24, 2.45) is 0 Å². The Morgan fingerprint density at radius 2 is 2.03 bits per heavy atom. The molecule has 3 aromatic heterocycles. The molecule has 156 valence electrons. The first-order valence-corrected chi connectivity index (χ1v) is 11.4. The van der Waals surface area contributed by atoms with Crippen molar-refractivity contribution in [3.8, 4) is 11.1 Å². The number of pyridine rings is 1. The lowest BCUT2D eigenvalue weighted by Gasteiger charge is -2.34. The molecule has 4 rings (SSSR count). The van der Waals surface area contributed by atoms with Crippen LogP contribution in [0.5, 0.6) is 0 Å². The van der Waals surface area contributed by atoms with Crippen molar-refractivity contribution in [1.29, 1.82) is 0 Å². The summed E-state index contributed by atoms with van der Waals surface area (Å²) >= 11 is 1.64. The van der Waals surface area contributed by atoms with Gasteiger partial charge in [-0.25, -0.2) is 9.97 Å². The van der Waals surface area contributed by atoms with Crippen LogP contribution in [0, 0.1) is 0 Å². The lowest BCUT2D eigenvalue weighted by molar-refractivity contribution is -0.131. The third kappa shape index (κ3) is 4.59. The van der Waals surface area contributed by atoms with E-state index < -0.39 is 0 Å². The second kappa shape index (κ2) is 8.64. The molecule has 6 heteroatoms. The zero-order valence-electron chi connectivity index (χ0n) is 17.8. The number of carbonyl (C=O) groups excluding carboxylic acids is 1. The van der Waals surface area contributed by atoms with Crippen LogP contribution in [0.1, 0.15) is 55.9 Å². The smallest absolute Gasteiger partial charge is 0.227 e. The Morgan fingerprint density at radius 1 is 1.23 bits per heavy atom. The first-order valence-electron chi connectivity index (χ1n) is 10.5. The van der Waals surface area contributed by atoms with Gasteiger partial charge in [0.1, 0.15) is 5.82 Å². The summed E-state index contributed by atoms with van der Waals surface area (Å²) in [6, 6.07) is 8.04. The van der Waals surface area contributed by atoms with Gasteiger partial charge in [0.25, 0.3) is 0 Å². The number of rotatable bonds is 4. The normalized spacial score (nSPS) is 17.2. The van der Waals surface area contributed by atoms with Gasteiger partial charge < -0.3 is 4.90 Å². The molecule has 1 amide bonds. The van der Waals surface area contributed by atoms with E-state index in [0.717, 1.165) is 46.9 Å². The van der Waals surface area contributed by atoms with E-state index in [1.54, 1.807) is 23.7 Å². The molecule has 1 aliphatic heterocycles. The van der Waals surface area contributed by atoms with Crippen LogP contribution in [0.2, 0.25) is 0 Å². The lowest BCUT2D eigenvalue weighted by atomic mass is 9.88. The third-order valence-electron chi connectivity index (χ3n) is 5.55. The number of nitrogens with zero attached hydrogens (tertiary/aromatic N) is 4. The summed E-state index contributed by atoms with van der Waals surface area (Å²) in [5.74, 6) is 1.26. The Balaban J connectivity index is 1.64. The van der Waals surface area contributed by atoms with Crippen LogP contribution in [0.25, 0.3) is 11.1 Å². The molecule has 5 nitrogen and oxygen atoms in total. The van der Waals surface area contributed by atoms with E-state index in [4.69, 9.17) is 4.98 Å². The third-order valence-corrected chi connectivity index (χ3v) is 6.42. The Kier molecular flexibility index (Phi) is 5.95. The van der Waals surface area contributed by atoms with Crippen molar-refractivity contribution in [1.82, 2.24) is 19.9 Å². The summed E-state index contributed by atoms with van der Waals surface area (Å²) < 4.78 is 0. The Labute approximate surface area is 182 Å². The molecule has 3 aromatic rings. The first kappa shape index (κ1) is 20.7. The molecule has 30 heavy (non-hydrogen) atoms. The van der Waals surface area contributed by atoms with E-state index in [1.165, 1.54) is 0 Å². The summed E-state index contributed by atoms with van der Waals surface area (Å²) in [5, 5.41) is 2.03. The highest BCUT2D eigenvalue weighted by Gasteiger charge is 2.29. The summed E-state index contributed by atoms with van der Waals surface area (Å²) in [7, 11) is 0. The van der Waals surface area contributed by atoms with Crippen molar-refractivity contribution in [3.05, 3.63) is 64.6 Å². The largest absolute Gasteiger partial charge is 0.342 e. The number of amides is 1. The van der Waals surface area contributed by atoms with Gasteiger partial charge in [-0.05, 0) is 42.0 Å². The molecule has 1 atom stereocenters. The minimum atomic E-state index is -0.130. The minimum absolute atomic E-state index is 0.130. The minimum Gasteiger partial charge on any atom is -0.342 e. The van der Waals surface area contributed by atoms with Gasteiger partial charge in [0.15, 0.2) is 0 Å². The molecule has 0 aliphatic carbocycles. The fourth-order valence-corrected chi connectivity index (χ4v) is 4.62. The summed E-state index contributed by atoms with van der Waals surface area (Å²) in [6.07, 6.45) is 8.05. The number of hydrogen-bond donors (Lipinski definition) is 0. The van der Waals surface area contributed by atoms with E-state index in [-0.39, 0.29) is 17.2 Å². The molecule has 0 bridgehead atoms. The molecule has 1 fully saturated rings. The van der Waals surface area contributed by atoms with Crippen molar-refractivity contribution in [3.63, 3.8) is 0 Å². The molecule has 1 unspecified atom stereocenters. The van der Waals surface area contributed by atoms with E-state index in [1.807, 2.05) is 40.7 Å². The number of piperidine rings is 1. The molecule has 1 aliphatic rings. The van der Waals surface area contributed by atoms with Crippen LogP contribution in [-0.4, -0.2) is 38.8 Å². The molecule has 0 aromatic carbocycles. The van der Waals surface area contributed by atoms with Gasteiger partial charge in [-0.2, -0.15) is 0 Å². The van der Waals surface area contributed by atoms with Crippen molar-refractivity contribution in [2.75, 3.05) is 13.1 Å². The molecule has 0 saturated carbocycles. The van der Waals surface area contributed by atoms with Gasteiger partial charge in [0.2, 0.25) is 5.91 Å². The van der Waals surface area contributed by atoms with Crippen molar-refractivity contribution < 1.29 is 4.79 Å². The highest BCUT2D eigenvalue weighted by atomic mass is 32.1. The van der Waals surface area contributed by atoms with Crippen LogP contribution in [0.15, 0.2) is 48.2 Å². The maximum absolute atomic E-state index is 12.9. The number of aromatic nitrogens is 3. The predicted molar refractivity (Wildman–Crippen MR) is 121 cm³/mol. The quantitative estimate of drug-likeness (QED) is 0.606. The zero-order chi connectivity index (χ0) is 21.1. The van der Waals surface area contributed by atoms with E-state index >= 15 is 0 Å². The molecule has 0 spiro atoms. The maximum Gasteiger partial charge on any atom is 0.227 e. The van der Waals surface area contributed by atoms with Crippen molar-refractivity contribution >= 4 is 17.2 Å². The molecular formula is C24H28N4OS. The Morgan fingerprint density at radius 3 is 2.73 bits per heavy atom. The molecule has 0 N–H and O–H groups in total. The van der Waals surface area contributed by atoms with Crippen LogP contribution in [-0.2, 0) is 16.6 Å². The highest BCUT2D eigenvalue weighted by molar-refractivity contribution is 7.10. The fraction of sp³-hybridized carbons (Fsp3) is 0.417. The van der Waals surface area contributed by atoms with Gasteiger partial charge >= 0.3 is 0 Å². The average molecular weight is 421 g/mol. The van der Waals surface area contributed by atoms with E-state index in [2.05, 4.69) is 30.7 Å². The number of likely N-dealkylation sites (tertiary alicyclic amines) is 1. The molecule has 1 saturated heterocycles. The standard InChI is InChI=1S/C24H28N4OS/c1-24(2,3)23-26-15-20(17-8-10-25-11-9-17)22(27-23)18-6-4-12-28(16-18)21(29)14-19-7-5-13-30-19/h5,7-11,13,15,18H,4,6,12,14,16H2,1-3H3. The SMILES string of the molecule is CC(C)(C)c1ncc(-c2ccncc2)c(C2CCCN(C(=O)Cc3cccs3)C2)n1. The van der Waals surface area contributed by atoms with Gasteiger partial charge in [-0.1, -0.05) is 26.8 Å². The van der Waals surface area contributed by atoms with Crippen LogP contribution in [0.4, 0.5) is 0 Å². The fourth-order valence-electron chi connectivity index (χ4n) is 3.92. The Hall–Kier alpha value is -2.60. The van der Waals surface area contributed by atoms with E-state index in [9.17, 15) is 4.79 Å². The topological polar surface area (TPSA) is 59.0 Å². The monoisotopic (exact) mass is 420 g/mol. The summed E-state index contributed by atoms with van der Waals surface area (Å²) in [4.78, 5) is 29.9. The highest BCUT2D eigenvalue weighted by Crippen LogP contribution is 2.34. The first-order chi connectivity index (χ1) is 14.4. The van der Waals surface area contributed by atoms with Crippen LogP contribution in [0.3, 0.4) is 0 Å². The molecular weight excluding hydrogens is 392 g/mol. The number of carbonyl (C=O) groups is 1. The number of hydrogen-bond acceptors (Lipinski definition) is 5.